The van der Waals surface area contributed by atoms with E-state index in [0.29, 0.717) is 38.8 Å². The van der Waals surface area contributed by atoms with Crippen molar-refractivity contribution in [1.29, 1.82) is 0 Å². The fraction of sp³-hybridized carbons (Fsp3) is 0.500. The molecule has 9 nitrogen and oxygen atoms in total. The van der Waals surface area contributed by atoms with Gasteiger partial charge in [-0.15, -0.1) is 0 Å². The third-order valence-electron chi connectivity index (χ3n) is 4.91. The Morgan fingerprint density at radius 3 is 2.63 bits per heavy atom. The Bertz CT molecular complexity index is 908. The van der Waals surface area contributed by atoms with Gasteiger partial charge in [0.05, 0.1) is 19.0 Å². The van der Waals surface area contributed by atoms with Crippen molar-refractivity contribution in [2.45, 2.75) is 25.3 Å². The summed E-state index contributed by atoms with van der Waals surface area (Å²) in [5.41, 5.74) is 1.74. The Morgan fingerprint density at radius 1 is 1.17 bits per heavy atom. The molecule has 0 spiro atoms. The minimum Gasteiger partial charge on any atom is -0.379 e. The Balaban J connectivity index is 1.52. The topological polar surface area (TPSA) is 101 Å². The number of hydrogen-bond donors (Lipinski definition) is 2. The normalized spacial score (nSPS) is 15.8. The predicted octanol–water partition coefficient (Wildman–Crippen LogP) is 0.800. The van der Waals surface area contributed by atoms with Crippen molar-refractivity contribution in [3.05, 3.63) is 53.9 Å². The van der Waals surface area contributed by atoms with Gasteiger partial charge in [-0.25, -0.2) is 8.42 Å². The lowest BCUT2D eigenvalue weighted by molar-refractivity contribution is 0.0729. The second-order valence-corrected chi connectivity index (χ2v) is 8.98. The zero-order valence-electron chi connectivity index (χ0n) is 17.3. The van der Waals surface area contributed by atoms with Crippen LogP contribution in [0.25, 0.3) is 0 Å². The summed E-state index contributed by atoms with van der Waals surface area (Å²) in [7, 11) is -1.65. The number of nitrogens with zero attached hydrogens (tertiary/aromatic N) is 4. The van der Waals surface area contributed by atoms with E-state index in [9.17, 15) is 8.42 Å². The van der Waals surface area contributed by atoms with Crippen molar-refractivity contribution in [2.24, 2.45) is 4.99 Å². The molecule has 0 amide bonds. The molecule has 0 radical (unpaired) electrons. The van der Waals surface area contributed by atoms with Crippen molar-refractivity contribution in [3.8, 4) is 0 Å². The number of benzene rings is 1. The van der Waals surface area contributed by atoms with E-state index in [4.69, 9.17) is 4.74 Å². The number of nitrogens with one attached hydrogen (secondary N) is 2. The zero-order valence-corrected chi connectivity index (χ0v) is 18.1. The first-order valence-electron chi connectivity index (χ1n) is 10.1. The van der Waals surface area contributed by atoms with Crippen molar-refractivity contribution >= 4 is 16.0 Å². The van der Waals surface area contributed by atoms with Gasteiger partial charge in [0.1, 0.15) is 0 Å². The van der Waals surface area contributed by atoms with Crippen LogP contribution in [0.1, 0.15) is 17.5 Å². The Hall–Kier alpha value is -2.43. The number of morpholine rings is 1. The van der Waals surface area contributed by atoms with Crippen LogP contribution in [0.4, 0.5) is 0 Å². The highest BCUT2D eigenvalue weighted by Gasteiger charge is 2.25. The number of aryl methyl sites for hydroxylation is 1. The lowest BCUT2D eigenvalue weighted by Gasteiger charge is -2.26. The summed E-state index contributed by atoms with van der Waals surface area (Å²) in [6.45, 7) is 3.81. The van der Waals surface area contributed by atoms with Crippen LogP contribution in [0.5, 0.6) is 0 Å². The van der Waals surface area contributed by atoms with Crippen LogP contribution in [-0.2, 0) is 33.6 Å². The maximum Gasteiger partial charge on any atom is 0.218 e. The van der Waals surface area contributed by atoms with Crippen LogP contribution in [0.15, 0.2) is 47.7 Å². The average molecular weight is 435 g/mol. The highest BCUT2D eigenvalue weighted by atomic mass is 32.2. The summed E-state index contributed by atoms with van der Waals surface area (Å²) in [5, 5.41) is 10.7. The molecule has 1 aliphatic heterocycles. The van der Waals surface area contributed by atoms with Crippen LogP contribution >= 0.6 is 0 Å². The van der Waals surface area contributed by atoms with E-state index in [1.54, 1.807) is 13.2 Å². The Kier molecular flexibility index (Phi) is 8.23. The number of hydrogen-bond acceptors (Lipinski definition) is 5. The first-order valence-corrected chi connectivity index (χ1v) is 11.7. The smallest absolute Gasteiger partial charge is 0.218 e. The number of aliphatic imine (C=N–C) groups is 1. The summed E-state index contributed by atoms with van der Waals surface area (Å²) in [4.78, 5) is 4.25. The van der Waals surface area contributed by atoms with E-state index < -0.39 is 10.0 Å². The quantitative estimate of drug-likeness (QED) is 0.344. The molecule has 2 N–H and O–H groups in total. The van der Waals surface area contributed by atoms with Gasteiger partial charge in [0.2, 0.25) is 10.0 Å². The molecule has 164 valence electrons. The summed E-state index contributed by atoms with van der Waals surface area (Å²) in [5.74, 6) is 0.669. The molecule has 30 heavy (non-hydrogen) atoms. The van der Waals surface area contributed by atoms with Crippen LogP contribution in [0, 0.1) is 0 Å². The molecule has 0 saturated carbocycles. The highest BCUT2D eigenvalue weighted by Crippen LogP contribution is 2.16. The van der Waals surface area contributed by atoms with Gasteiger partial charge in [0.15, 0.2) is 5.96 Å². The van der Waals surface area contributed by atoms with Crippen LogP contribution in [0.2, 0.25) is 0 Å². The van der Waals surface area contributed by atoms with E-state index in [1.165, 1.54) is 4.31 Å². The minimum atomic E-state index is -3.37. The predicted molar refractivity (Wildman–Crippen MR) is 117 cm³/mol. The van der Waals surface area contributed by atoms with Crippen molar-refractivity contribution in [2.75, 3.05) is 39.9 Å². The number of guanidine groups is 1. The molecule has 1 fully saturated rings. The molecule has 2 heterocycles. The van der Waals surface area contributed by atoms with E-state index in [2.05, 4.69) is 20.7 Å². The SMILES string of the molecule is CN=C(NCCCn1cccn1)NCc1ccccc1CS(=O)(=O)N1CCOCC1. The summed E-state index contributed by atoms with van der Waals surface area (Å²) >= 11 is 0. The second-order valence-electron chi connectivity index (χ2n) is 7.01. The first-order chi connectivity index (χ1) is 14.6. The molecule has 1 saturated heterocycles. The molecule has 1 aromatic carbocycles. The molecule has 0 aliphatic carbocycles. The maximum absolute atomic E-state index is 12.8. The number of sulfonamides is 1. The molecule has 0 atom stereocenters. The van der Waals surface area contributed by atoms with Crippen molar-refractivity contribution < 1.29 is 13.2 Å². The van der Waals surface area contributed by atoms with Gasteiger partial charge in [-0.1, -0.05) is 24.3 Å². The summed E-state index contributed by atoms with van der Waals surface area (Å²) in [6.07, 6.45) is 4.62. The second kappa shape index (κ2) is 11.1. The van der Waals surface area contributed by atoms with Crippen molar-refractivity contribution in [3.63, 3.8) is 0 Å². The van der Waals surface area contributed by atoms with Crippen LogP contribution in [0.3, 0.4) is 0 Å². The molecule has 10 heteroatoms. The van der Waals surface area contributed by atoms with Gasteiger partial charge in [-0.2, -0.15) is 9.40 Å². The molecule has 0 unspecified atom stereocenters. The van der Waals surface area contributed by atoms with Gasteiger partial charge in [0.25, 0.3) is 0 Å². The van der Waals surface area contributed by atoms with Gasteiger partial charge in [-0.05, 0) is 23.6 Å². The fourth-order valence-electron chi connectivity index (χ4n) is 3.26. The number of rotatable bonds is 9. The summed E-state index contributed by atoms with van der Waals surface area (Å²) < 4.78 is 34.2. The lowest BCUT2D eigenvalue weighted by atomic mass is 10.1. The molecule has 3 rings (SSSR count). The third kappa shape index (κ3) is 6.54. The molecule has 1 aliphatic rings. The number of aromatic nitrogens is 2. The van der Waals surface area contributed by atoms with Crippen molar-refractivity contribution in [1.82, 2.24) is 24.7 Å². The molecular weight excluding hydrogens is 404 g/mol. The lowest BCUT2D eigenvalue weighted by Crippen LogP contribution is -2.41. The summed E-state index contributed by atoms with van der Waals surface area (Å²) in [6, 6.07) is 9.51. The largest absolute Gasteiger partial charge is 0.379 e. The van der Waals surface area contributed by atoms with Crippen LogP contribution < -0.4 is 10.6 Å². The highest BCUT2D eigenvalue weighted by molar-refractivity contribution is 7.88. The average Bonchev–Trinajstić information content (AvgIpc) is 3.28. The molecule has 2 aromatic rings. The number of ether oxygens (including phenoxy) is 1. The van der Waals surface area contributed by atoms with Crippen LogP contribution in [-0.4, -0.2) is 68.4 Å². The monoisotopic (exact) mass is 434 g/mol. The van der Waals surface area contributed by atoms with Gasteiger partial charge in [0, 0.05) is 52.2 Å². The molecule has 0 bridgehead atoms. The minimum absolute atomic E-state index is 0.0131. The van der Waals surface area contributed by atoms with Gasteiger partial charge < -0.3 is 15.4 Å². The molecule has 1 aromatic heterocycles. The van der Waals surface area contributed by atoms with E-state index in [1.807, 2.05) is 41.2 Å². The van der Waals surface area contributed by atoms with E-state index in [0.717, 1.165) is 30.6 Å². The van der Waals surface area contributed by atoms with E-state index >= 15 is 0 Å². The first kappa shape index (κ1) is 22.3. The molecular formula is C20H30N6O3S. The Morgan fingerprint density at radius 2 is 1.93 bits per heavy atom. The van der Waals surface area contributed by atoms with Gasteiger partial charge >= 0.3 is 0 Å². The third-order valence-corrected chi connectivity index (χ3v) is 6.73. The van der Waals surface area contributed by atoms with E-state index in [-0.39, 0.29) is 5.75 Å². The zero-order chi connectivity index (χ0) is 21.2. The fourth-order valence-corrected chi connectivity index (χ4v) is 4.83. The van der Waals surface area contributed by atoms with Gasteiger partial charge in [-0.3, -0.25) is 9.67 Å². The standard InChI is InChI=1S/C20H30N6O3S/c1-21-20(22-8-4-10-25-11-5-9-24-25)23-16-18-6-2-3-7-19(18)17-30(27,28)26-12-14-29-15-13-26/h2-3,5-7,9,11H,4,8,10,12-17H2,1H3,(H2,21,22,23). The Labute approximate surface area is 178 Å². The maximum atomic E-state index is 12.8.